The molecule has 1 unspecified atom stereocenters. The Morgan fingerprint density at radius 2 is 2.27 bits per heavy atom. The number of aliphatic hydroxyl groups is 2. The van der Waals surface area contributed by atoms with Crippen molar-refractivity contribution in [3.05, 3.63) is 50.9 Å². The topological polar surface area (TPSA) is 150 Å². The van der Waals surface area contributed by atoms with Crippen molar-refractivity contribution in [3.8, 4) is 0 Å². The molecule has 0 fully saturated rings. The van der Waals surface area contributed by atoms with Crippen LogP contribution in [-0.4, -0.2) is 53.2 Å². The minimum Gasteiger partial charge on any atom is -0.394 e. The van der Waals surface area contributed by atoms with E-state index in [0.29, 0.717) is 0 Å². The van der Waals surface area contributed by atoms with Crippen LogP contribution in [0.25, 0.3) is 11.2 Å². The molecule has 3 rings (SSSR count). The summed E-state index contributed by atoms with van der Waals surface area (Å²) in [6, 6.07) is 3.55. The van der Waals surface area contributed by atoms with Crippen molar-refractivity contribution < 1.29 is 10.2 Å². The molecule has 0 saturated carbocycles. The lowest BCUT2D eigenvalue weighted by Crippen LogP contribution is -2.30. The highest BCUT2D eigenvalue weighted by Crippen LogP contribution is 2.16. The van der Waals surface area contributed by atoms with E-state index in [4.69, 9.17) is 5.11 Å². The number of nitrogens with one attached hydrogen (secondary N) is 2. The number of pyridine rings is 1. The zero-order valence-electron chi connectivity index (χ0n) is 13.8. The van der Waals surface area contributed by atoms with Crippen LogP contribution in [0.15, 0.2) is 39.2 Å². The molecule has 0 aliphatic carbocycles. The van der Waals surface area contributed by atoms with Gasteiger partial charge in [-0.1, -0.05) is 6.07 Å². The minimum atomic E-state index is -1.12. The molecule has 11 heteroatoms. The third-order valence-corrected chi connectivity index (χ3v) is 3.67. The summed E-state index contributed by atoms with van der Waals surface area (Å²) >= 11 is 0. The number of aromatic amines is 1. The molecule has 1 atom stereocenters. The fourth-order valence-corrected chi connectivity index (χ4v) is 2.38. The first kappa shape index (κ1) is 17.5. The van der Waals surface area contributed by atoms with Crippen molar-refractivity contribution in [2.24, 2.45) is 12.1 Å². The molecule has 0 saturated heterocycles. The summed E-state index contributed by atoms with van der Waals surface area (Å²) < 4.78 is 2.53. The highest BCUT2D eigenvalue weighted by Gasteiger charge is 2.19. The van der Waals surface area contributed by atoms with Gasteiger partial charge in [-0.3, -0.25) is 19.3 Å². The fourth-order valence-electron chi connectivity index (χ4n) is 2.38. The molecule has 3 aromatic rings. The van der Waals surface area contributed by atoms with E-state index >= 15 is 0 Å². The van der Waals surface area contributed by atoms with Crippen molar-refractivity contribution in [2.45, 2.75) is 12.6 Å². The Bertz CT molecular complexity index is 1050. The first-order valence-electron chi connectivity index (χ1n) is 7.69. The molecule has 4 N–H and O–H groups in total. The van der Waals surface area contributed by atoms with Gasteiger partial charge >= 0.3 is 5.69 Å². The van der Waals surface area contributed by atoms with Crippen LogP contribution in [0, 0.1) is 0 Å². The summed E-state index contributed by atoms with van der Waals surface area (Å²) in [6.45, 7) is -0.610. The van der Waals surface area contributed by atoms with Crippen molar-refractivity contribution in [3.63, 3.8) is 0 Å². The van der Waals surface area contributed by atoms with Gasteiger partial charge in [-0.25, -0.2) is 10.2 Å². The summed E-state index contributed by atoms with van der Waals surface area (Å²) in [4.78, 5) is 34.3. The number of aromatic nitrogens is 5. The molecule has 0 aliphatic rings. The molecule has 0 spiro atoms. The molecule has 26 heavy (non-hydrogen) atoms. The predicted molar refractivity (Wildman–Crippen MR) is 94.1 cm³/mol. The first-order chi connectivity index (χ1) is 12.5. The number of rotatable bonds is 6. The van der Waals surface area contributed by atoms with Gasteiger partial charge in [0.25, 0.3) is 5.56 Å². The fraction of sp³-hybridized carbons (Fsp3) is 0.267. The lowest BCUT2D eigenvalue weighted by molar-refractivity contribution is 0.0825. The van der Waals surface area contributed by atoms with Gasteiger partial charge in [-0.15, -0.1) is 0 Å². The van der Waals surface area contributed by atoms with Gasteiger partial charge in [0.05, 0.1) is 25.5 Å². The van der Waals surface area contributed by atoms with Crippen LogP contribution in [0.3, 0.4) is 0 Å². The van der Waals surface area contributed by atoms with Crippen LogP contribution in [-0.2, 0) is 13.6 Å². The Kier molecular flexibility index (Phi) is 4.91. The van der Waals surface area contributed by atoms with Crippen molar-refractivity contribution >= 4 is 23.3 Å². The predicted octanol–water partition coefficient (Wildman–Crippen LogP) is -1.38. The van der Waals surface area contributed by atoms with Gasteiger partial charge in [0, 0.05) is 25.0 Å². The van der Waals surface area contributed by atoms with Crippen molar-refractivity contribution in [1.82, 2.24) is 24.1 Å². The molecular weight excluding hydrogens is 342 g/mol. The van der Waals surface area contributed by atoms with Crippen LogP contribution in [0.5, 0.6) is 0 Å². The number of nitrogens with zero attached hydrogens (tertiary/aromatic N) is 5. The van der Waals surface area contributed by atoms with E-state index in [2.05, 4.69) is 25.5 Å². The van der Waals surface area contributed by atoms with E-state index in [-0.39, 0.29) is 23.7 Å². The Morgan fingerprint density at radius 3 is 2.96 bits per heavy atom. The summed E-state index contributed by atoms with van der Waals surface area (Å²) in [5.41, 5.74) is 2.38. The Labute approximate surface area is 146 Å². The summed E-state index contributed by atoms with van der Waals surface area (Å²) in [6.07, 6.45) is 3.63. The normalized spacial score (nSPS) is 12.7. The molecule has 11 nitrogen and oxygen atoms in total. The van der Waals surface area contributed by atoms with E-state index in [9.17, 15) is 14.7 Å². The average Bonchev–Trinajstić information content (AvgIpc) is 2.99. The van der Waals surface area contributed by atoms with E-state index in [0.717, 1.165) is 5.56 Å². The number of H-pyrrole nitrogens is 1. The zero-order chi connectivity index (χ0) is 18.7. The quantitative estimate of drug-likeness (QED) is 0.313. The van der Waals surface area contributed by atoms with Gasteiger partial charge in [0.1, 0.15) is 0 Å². The summed E-state index contributed by atoms with van der Waals surface area (Å²) in [7, 11) is 1.46. The Hall–Kier alpha value is -3.31. The molecule has 0 radical (unpaired) electrons. The van der Waals surface area contributed by atoms with E-state index < -0.39 is 24.0 Å². The first-order valence-corrected chi connectivity index (χ1v) is 7.69. The summed E-state index contributed by atoms with van der Waals surface area (Å²) in [5.74, 6) is 0.138. The van der Waals surface area contributed by atoms with Gasteiger partial charge in [0.15, 0.2) is 11.2 Å². The number of hydrogen-bond acceptors (Lipinski definition) is 8. The molecular formula is C15H17N7O4. The molecule has 0 amide bonds. The monoisotopic (exact) mass is 359 g/mol. The maximum atomic E-state index is 12.2. The smallest absolute Gasteiger partial charge is 0.329 e. The Morgan fingerprint density at radius 1 is 1.46 bits per heavy atom. The van der Waals surface area contributed by atoms with Gasteiger partial charge in [-0.2, -0.15) is 10.1 Å². The molecule has 0 aromatic carbocycles. The second kappa shape index (κ2) is 7.29. The third-order valence-electron chi connectivity index (χ3n) is 3.67. The Balaban J connectivity index is 2.05. The van der Waals surface area contributed by atoms with Crippen LogP contribution >= 0.6 is 0 Å². The highest BCUT2D eigenvalue weighted by molar-refractivity contribution is 5.80. The third kappa shape index (κ3) is 3.38. The summed E-state index contributed by atoms with van der Waals surface area (Å²) in [5, 5.41) is 22.9. The van der Waals surface area contributed by atoms with Crippen LogP contribution in [0.2, 0.25) is 0 Å². The van der Waals surface area contributed by atoms with Gasteiger partial charge in [0.2, 0.25) is 5.95 Å². The van der Waals surface area contributed by atoms with Crippen LogP contribution < -0.4 is 16.7 Å². The van der Waals surface area contributed by atoms with Crippen LogP contribution in [0.1, 0.15) is 5.56 Å². The van der Waals surface area contributed by atoms with Crippen molar-refractivity contribution in [1.29, 1.82) is 0 Å². The second-order valence-electron chi connectivity index (χ2n) is 5.53. The molecule has 136 valence electrons. The number of aryl methyl sites for hydroxylation is 1. The van der Waals surface area contributed by atoms with E-state index in [1.807, 2.05) is 0 Å². The molecule has 0 aliphatic heterocycles. The zero-order valence-corrected chi connectivity index (χ0v) is 13.8. The average molecular weight is 359 g/mol. The second-order valence-corrected chi connectivity index (χ2v) is 5.53. The highest BCUT2D eigenvalue weighted by atomic mass is 16.3. The number of anilines is 1. The van der Waals surface area contributed by atoms with Crippen molar-refractivity contribution in [2.75, 3.05) is 12.0 Å². The SMILES string of the molecule is Cn1c(=O)[nH]c(=O)c2c1nc(N/N=C\c1cccnc1)n2CC(O)CO. The lowest BCUT2D eigenvalue weighted by atomic mass is 10.3. The number of hydrazone groups is 1. The molecule has 3 heterocycles. The van der Waals surface area contributed by atoms with Gasteiger partial charge in [-0.05, 0) is 6.07 Å². The number of hydrogen-bond donors (Lipinski definition) is 4. The maximum Gasteiger partial charge on any atom is 0.329 e. The van der Waals surface area contributed by atoms with E-state index in [1.165, 1.54) is 22.4 Å². The maximum absolute atomic E-state index is 12.2. The standard InChI is InChI=1S/C15H17N7O4/c1-21-12-11(13(25)19-15(21)26)22(7-10(24)8-23)14(18-12)20-17-6-9-3-2-4-16-5-9/h2-6,10,23-24H,7-8H2,1H3,(H,18,20)(H,19,25,26)/b17-6-. The van der Waals surface area contributed by atoms with Crippen LogP contribution in [0.4, 0.5) is 5.95 Å². The number of fused-ring (bicyclic) bond motifs is 1. The molecule has 0 bridgehead atoms. The largest absolute Gasteiger partial charge is 0.394 e. The minimum absolute atomic E-state index is 0.0821. The van der Waals surface area contributed by atoms with E-state index in [1.54, 1.807) is 24.5 Å². The number of imidazole rings is 1. The molecule has 3 aromatic heterocycles. The number of aliphatic hydroxyl groups excluding tert-OH is 2. The van der Waals surface area contributed by atoms with Gasteiger partial charge < -0.3 is 14.8 Å². The lowest BCUT2D eigenvalue weighted by Gasteiger charge is -2.11.